The molecule has 4 nitrogen and oxygen atoms in total. The van der Waals surface area contributed by atoms with Gasteiger partial charge in [0.05, 0.1) is 18.8 Å². The van der Waals surface area contributed by atoms with Crippen LogP contribution in [0.2, 0.25) is 0 Å². The molecule has 5 heteroatoms. The summed E-state index contributed by atoms with van der Waals surface area (Å²) in [6, 6.07) is -0.0307. The molecule has 1 aliphatic heterocycles. The SMILES string of the molecule is O=C(O)N[C@H]1CO[C@@H]1CBr. The minimum Gasteiger partial charge on any atom is -0.465 e. The third-order valence-corrected chi connectivity index (χ3v) is 2.04. The number of carbonyl (C=O) groups is 1. The molecule has 1 rings (SSSR count). The lowest BCUT2D eigenvalue weighted by molar-refractivity contribution is -0.0685. The molecular weight excluding hydrogens is 202 g/mol. The van der Waals surface area contributed by atoms with Crippen LogP contribution in [0.5, 0.6) is 0 Å². The van der Waals surface area contributed by atoms with Crippen molar-refractivity contribution in [3.63, 3.8) is 0 Å². The molecule has 58 valence electrons. The highest BCUT2D eigenvalue weighted by Gasteiger charge is 2.32. The lowest BCUT2D eigenvalue weighted by atomic mass is 10.1. The fourth-order valence-electron chi connectivity index (χ4n) is 0.774. The third-order valence-electron chi connectivity index (χ3n) is 1.40. The van der Waals surface area contributed by atoms with Crippen LogP contribution in [0, 0.1) is 0 Å². The minimum absolute atomic E-state index is 0.0103. The molecule has 0 spiro atoms. The van der Waals surface area contributed by atoms with E-state index < -0.39 is 6.09 Å². The molecule has 2 N–H and O–H groups in total. The second kappa shape index (κ2) is 3.21. The second-order valence-corrected chi connectivity index (χ2v) is 2.73. The number of hydrogen-bond donors (Lipinski definition) is 2. The quantitative estimate of drug-likeness (QED) is 0.649. The number of hydrogen-bond acceptors (Lipinski definition) is 2. The molecule has 1 heterocycles. The molecule has 0 radical (unpaired) electrons. The smallest absolute Gasteiger partial charge is 0.405 e. The third kappa shape index (κ3) is 1.60. The van der Waals surface area contributed by atoms with Gasteiger partial charge in [-0.3, -0.25) is 0 Å². The standard InChI is InChI=1S/C5H8BrNO3/c6-1-4-3(2-10-4)7-5(8)9/h3-4,7H,1-2H2,(H,8,9)/t3-,4+/m0/s1. The highest BCUT2D eigenvalue weighted by atomic mass is 79.9. The van der Waals surface area contributed by atoms with Gasteiger partial charge in [0.2, 0.25) is 0 Å². The molecule has 1 fully saturated rings. The minimum atomic E-state index is -0.987. The summed E-state index contributed by atoms with van der Waals surface area (Å²) in [6.45, 7) is 0.489. The number of alkyl halides is 1. The van der Waals surface area contributed by atoms with Crippen LogP contribution in [-0.2, 0) is 4.74 Å². The topological polar surface area (TPSA) is 58.6 Å². The molecular formula is C5H8BrNO3. The second-order valence-electron chi connectivity index (χ2n) is 2.08. The van der Waals surface area contributed by atoms with Crippen molar-refractivity contribution >= 4 is 22.0 Å². The Balaban J connectivity index is 2.23. The molecule has 0 aromatic heterocycles. The first-order valence-electron chi connectivity index (χ1n) is 2.91. The lowest BCUT2D eigenvalue weighted by Crippen LogP contribution is -2.56. The van der Waals surface area contributed by atoms with Crippen molar-refractivity contribution in [2.45, 2.75) is 12.1 Å². The van der Waals surface area contributed by atoms with E-state index in [0.717, 1.165) is 0 Å². The summed E-state index contributed by atoms with van der Waals surface area (Å²) >= 11 is 3.20. The fraction of sp³-hybridized carbons (Fsp3) is 0.800. The number of amides is 1. The van der Waals surface area contributed by atoms with E-state index in [0.29, 0.717) is 11.9 Å². The van der Waals surface area contributed by atoms with Gasteiger partial charge in [-0.1, -0.05) is 15.9 Å². The Hall–Kier alpha value is -0.290. The van der Waals surface area contributed by atoms with Gasteiger partial charge in [-0.15, -0.1) is 0 Å². The Morgan fingerprint density at radius 3 is 2.90 bits per heavy atom. The highest BCUT2D eigenvalue weighted by molar-refractivity contribution is 9.09. The van der Waals surface area contributed by atoms with Crippen LogP contribution in [0.4, 0.5) is 4.79 Å². The summed E-state index contributed by atoms with van der Waals surface area (Å²) in [6.07, 6.45) is -0.977. The summed E-state index contributed by atoms with van der Waals surface area (Å²) in [5, 5.41) is 11.3. The number of halogens is 1. The van der Waals surface area contributed by atoms with Crippen molar-refractivity contribution in [1.82, 2.24) is 5.32 Å². The van der Waals surface area contributed by atoms with Crippen molar-refractivity contribution in [3.8, 4) is 0 Å². The number of carboxylic acid groups (broad SMARTS) is 1. The van der Waals surface area contributed by atoms with Gasteiger partial charge in [-0.2, -0.15) is 0 Å². The number of ether oxygens (including phenoxy) is 1. The first kappa shape index (κ1) is 7.81. The zero-order chi connectivity index (χ0) is 7.56. The lowest BCUT2D eigenvalue weighted by Gasteiger charge is -2.35. The van der Waals surface area contributed by atoms with Gasteiger partial charge in [0.25, 0.3) is 0 Å². The summed E-state index contributed by atoms with van der Waals surface area (Å²) < 4.78 is 5.02. The van der Waals surface area contributed by atoms with Crippen LogP contribution in [0.25, 0.3) is 0 Å². The van der Waals surface area contributed by atoms with Crippen LogP contribution in [0.15, 0.2) is 0 Å². The Morgan fingerprint density at radius 1 is 1.90 bits per heavy atom. The highest BCUT2D eigenvalue weighted by Crippen LogP contribution is 2.14. The average Bonchev–Trinajstić information content (AvgIpc) is 1.82. The van der Waals surface area contributed by atoms with Gasteiger partial charge in [-0.05, 0) is 0 Å². The van der Waals surface area contributed by atoms with Gasteiger partial charge in [-0.25, -0.2) is 4.79 Å². The first-order chi connectivity index (χ1) is 4.74. The molecule has 0 bridgehead atoms. The predicted molar refractivity (Wildman–Crippen MR) is 38.5 cm³/mol. The van der Waals surface area contributed by atoms with Crippen molar-refractivity contribution in [1.29, 1.82) is 0 Å². The number of nitrogens with one attached hydrogen (secondary N) is 1. The summed E-state index contributed by atoms with van der Waals surface area (Å²) in [5.74, 6) is 0. The molecule has 1 saturated heterocycles. The maximum Gasteiger partial charge on any atom is 0.405 e. The first-order valence-corrected chi connectivity index (χ1v) is 4.03. The Kier molecular flexibility index (Phi) is 2.50. The van der Waals surface area contributed by atoms with E-state index in [2.05, 4.69) is 21.2 Å². The van der Waals surface area contributed by atoms with E-state index in [9.17, 15) is 4.79 Å². The van der Waals surface area contributed by atoms with Crippen LogP contribution in [-0.4, -0.2) is 35.3 Å². The van der Waals surface area contributed by atoms with Crippen molar-refractivity contribution in [2.75, 3.05) is 11.9 Å². The van der Waals surface area contributed by atoms with Gasteiger partial charge in [0.1, 0.15) is 0 Å². The number of rotatable bonds is 2. The van der Waals surface area contributed by atoms with E-state index in [1.165, 1.54) is 0 Å². The summed E-state index contributed by atoms with van der Waals surface area (Å²) in [5.41, 5.74) is 0. The zero-order valence-corrected chi connectivity index (χ0v) is 6.80. The molecule has 1 amide bonds. The van der Waals surface area contributed by atoms with Crippen LogP contribution in [0.1, 0.15) is 0 Å². The molecule has 0 aromatic carbocycles. The van der Waals surface area contributed by atoms with Gasteiger partial charge < -0.3 is 15.2 Å². The molecule has 1 aliphatic rings. The Morgan fingerprint density at radius 2 is 2.60 bits per heavy atom. The van der Waals surface area contributed by atoms with Crippen LogP contribution >= 0.6 is 15.9 Å². The largest absolute Gasteiger partial charge is 0.465 e. The van der Waals surface area contributed by atoms with E-state index >= 15 is 0 Å². The summed E-state index contributed by atoms with van der Waals surface area (Å²) in [7, 11) is 0. The normalized spacial score (nSPS) is 30.9. The van der Waals surface area contributed by atoms with E-state index in [1.807, 2.05) is 0 Å². The summed E-state index contributed by atoms with van der Waals surface area (Å²) in [4.78, 5) is 10.1. The van der Waals surface area contributed by atoms with E-state index in [1.54, 1.807) is 0 Å². The fourth-order valence-corrected chi connectivity index (χ4v) is 1.41. The molecule has 0 aliphatic carbocycles. The van der Waals surface area contributed by atoms with Crippen LogP contribution in [0.3, 0.4) is 0 Å². The Bertz CT molecular complexity index is 139. The molecule has 10 heavy (non-hydrogen) atoms. The monoisotopic (exact) mass is 209 g/mol. The Labute approximate surface area is 66.7 Å². The molecule has 0 saturated carbocycles. The molecule has 2 atom stereocenters. The van der Waals surface area contributed by atoms with E-state index in [4.69, 9.17) is 9.84 Å². The van der Waals surface area contributed by atoms with Crippen molar-refractivity contribution in [3.05, 3.63) is 0 Å². The van der Waals surface area contributed by atoms with Gasteiger partial charge in [0.15, 0.2) is 0 Å². The molecule has 0 unspecified atom stereocenters. The average molecular weight is 210 g/mol. The van der Waals surface area contributed by atoms with Crippen molar-refractivity contribution in [2.24, 2.45) is 0 Å². The van der Waals surface area contributed by atoms with Crippen LogP contribution < -0.4 is 5.32 Å². The predicted octanol–water partition coefficient (Wildman–Crippen LogP) is 0.416. The van der Waals surface area contributed by atoms with E-state index in [-0.39, 0.29) is 12.1 Å². The molecule has 0 aromatic rings. The maximum atomic E-state index is 10.1. The van der Waals surface area contributed by atoms with Gasteiger partial charge in [0, 0.05) is 5.33 Å². The maximum absolute atomic E-state index is 10.1. The zero-order valence-electron chi connectivity index (χ0n) is 5.21. The van der Waals surface area contributed by atoms with Crippen molar-refractivity contribution < 1.29 is 14.6 Å². The van der Waals surface area contributed by atoms with Gasteiger partial charge >= 0.3 is 6.09 Å².